The molecule has 112 valence electrons. The van der Waals surface area contributed by atoms with E-state index in [0.717, 1.165) is 39.4 Å². The standard InChI is InChI=1S/C16H14N2O3S/c1-10-13(7-8-15(19)20)18-14(9-22-16(18)17-10)11-3-5-12(21-2)6-4-11/h3-9H,1-2H3,(H,19,20)/b8-7+. The van der Waals surface area contributed by atoms with Crippen LogP contribution in [0.5, 0.6) is 5.75 Å². The molecule has 6 heteroatoms. The van der Waals surface area contributed by atoms with E-state index in [-0.39, 0.29) is 0 Å². The fourth-order valence-electron chi connectivity index (χ4n) is 2.29. The van der Waals surface area contributed by atoms with Crippen molar-refractivity contribution in [3.63, 3.8) is 0 Å². The van der Waals surface area contributed by atoms with E-state index in [0.29, 0.717) is 0 Å². The van der Waals surface area contributed by atoms with Gasteiger partial charge in [0.25, 0.3) is 0 Å². The summed E-state index contributed by atoms with van der Waals surface area (Å²) in [5, 5.41) is 10.9. The van der Waals surface area contributed by atoms with Crippen molar-refractivity contribution in [3.05, 3.63) is 47.1 Å². The number of aromatic nitrogens is 2. The van der Waals surface area contributed by atoms with Gasteiger partial charge in [0.1, 0.15) is 5.75 Å². The Kier molecular flexibility index (Phi) is 3.68. The third-order valence-corrected chi connectivity index (χ3v) is 4.18. The Balaban J connectivity index is 2.15. The number of fused-ring (bicyclic) bond motifs is 1. The van der Waals surface area contributed by atoms with E-state index >= 15 is 0 Å². The fourth-order valence-corrected chi connectivity index (χ4v) is 3.24. The Morgan fingerprint density at radius 3 is 2.73 bits per heavy atom. The van der Waals surface area contributed by atoms with Crippen LogP contribution in [0.15, 0.2) is 35.7 Å². The molecule has 0 spiro atoms. The number of imidazole rings is 1. The summed E-state index contributed by atoms with van der Waals surface area (Å²) < 4.78 is 7.15. The van der Waals surface area contributed by atoms with Crippen LogP contribution in [0.2, 0.25) is 0 Å². The van der Waals surface area contributed by atoms with E-state index in [9.17, 15) is 4.79 Å². The first-order chi connectivity index (χ1) is 10.6. The number of aryl methyl sites for hydroxylation is 1. The summed E-state index contributed by atoms with van der Waals surface area (Å²) in [7, 11) is 1.63. The summed E-state index contributed by atoms with van der Waals surface area (Å²) in [4.78, 5) is 16.1. The van der Waals surface area contributed by atoms with Gasteiger partial charge in [0.05, 0.1) is 24.2 Å². The van der Waals surface area contributed by atoms with Gasteiger partial charge in [-0.3, -0.25) is 4.40 Å². The van der Waals surface area contributed by atoms with Crippen LogP contribution in [0.4, 0.5) is 0 Å². The minimum absolute atomic E-state index is 0.782. The highest BCUT2D eigenvalue weighted by Gasteiger charge is 2.13. The Morgan fingerprint density at radius 2 is 2.09 bits per heavy atom. The van der Waals surface area contributed by atoms with E-state index < -0.39 is 5.97 Å². The summed E-state index contributed by atoms with van der Waals surface area (Å²) in [5.41, 5.74) is 3.59. The highest BCUT2D eigenvalue weighted by molar-refractivity contribution is 7.15. The van der Waals surface area contributed by atoms with Gasteiger partial charge in [-0.15, -0.1) is 11.3 Å². The zero-order valence-corrected chi connectivity index (χ0v) is 12.9. The van der Waals surface area contributed by atoms with Gasteiger partial charge in [-0.2, -0.15) is 0 Å². The highest BCUT2D eigenvalue weighted by atomic mass is 32.1. The predicted octanol–water partition coefficient (Wildman–Crippen LogP) is 3.48. The molecule has 0 atom stereocenters. The van der Waals surface area contributed by atoms with Gasteiger partial charge < -0.3 is 9.84 Å². The van der Waals surface area contributed by atoms with E-state index in [2.05, 4.69) is 4.98 Å². The number of ether oxygens (including phenoxy) is 1. The van der Waals surface area contributed by atoms with Crippen molar-refractivity contribution < 1.29 is 14.6 Å². The van der Waals surface area contributed by atoms with Crippen LogP contribution in [0.3, 0.4) is 0 Å². The molecule has 0 aliphatic rings. The van der Waals surface area contributed by atoms with Gasteiger partial charge in [-0.05, 0) is 42.8 Å². The van der Waals surface area contributed by atoms with Crippen LogP contribution in [0.1, 0.15) is 11.4 Å². The third-order valence-electron chi connectivity index (χ3n) is 3.35. The first kappa shape index (κ1) is 14.3. The molecular formula is C16H14N2O3S. The normalized spacial score (nSPS) is 11.4. The zero-order chi connectivity index (χ0) is 15.7. The minimum Gasteiger partial charge on any atom is -0.497 e. The topological polar surface area (TPSA) is 63.8 Å². The molecule has 22 heavy (non-hydrogen) atoms. The summed E-state index contributed by atoms with van der Waals surface area (Å²) >= 11 is 1.53. The summed E-state index contributed by atoms with van der Waals surface area (Å²) in [5.74, 6) is -0.182. The smallest absolute Gasteiger partial charge is 0.328 e. The molecule has 0 fully saturated rings. The highest BCUT2D eigenvalue weighted by Crippen LogP contribution is 2.30. The number of benzene rings is 1. The number of thiazole rings is 1. The van der Waals surface area contributed by atoms with Crippen LogP contribution in [-0.2, 0) is 4.79 Å². The van der Waals surface area contributed by atoms with Gasteiger partial charge in [0.2, 0.25) is 0 Å². The molecule has 0 saturated carbocycles. The zero-order valence-electron chi connectivity index (χ0n) is 12.1. The Labute approximate surface area is 131 Å². The van der Waals surface area contributed by atoms with Gasteiger partial charge >= 0.3 is 5.97 Å². The molecule has 0 amide bonds. The van der Waals surface area contributed by atoms with Gasteiger partial charge in [0.15, 0.2) is 4.96 Å². The predicted molar refractivity (Wildman–Crippen MR) is 86.5 cm³/mol. The van der Waals surface area contributed by atoms with Gasteiger partial charge in [0, 0.05) is 11.5 Å². The molecule has 0 saturated heterocycles. The quantitative estimate of drug-likeness (QED) is 0.749. The maximum atomic E-state index is 10.8. The molecule has 0 aliphatic carbocycles. The van der Waals surface area contributed by atoms with Crippen LogP contribution in [0.25, 0.3) is 22.3 Å². The molecule has 2 aromatic heterocycles. The second-order valence-corrected chi connectivity index (χ2v) is 5.56. The maximum absolute atomic E-state index is 10.8. The van der Waals surface area contributed by atoms with Crippen molar-refractivity contribution in [1.29, 1.82) is 0 Å². The SMILES string of the molecule is COc1ccc(-c2csc3nc(C)c(/C=C/C(=O)O)n23)cc1. The lowest BCUT2D eigenvalue weighted by Gasteiger charge is -2.04. The number of methoxy groups -OCH3 is 1. The lowest BCUT2D eigenvalue weighted by molar-refractivity contribution is -0.131. The van der Waals surface area contributed by atoms with Crippen molar-refractivity contribution in [2.45, 2.75) is 6.92 Å². The van der Waals surface area contributed by atoms with E-state index in [4.69, 9.17) is 9.84 Å². The lowest BCUT2D eigenvalue weighted by Crippen LogP contribution is -1.92. The molecule has 1 N–H and O–H groups in total. The molecule has 2 heterocycles. The van der Waals surface area contributed by atoms with E-state index in [1.807, 2.05) is 41.0 Å². The number of nitrogens with zero attached hydrogens (tertiary/aromatic N) is 2. The lowest BCUT2D eigenvalue weighted by atomic mass is 10.1. The van der Waals surface area contributed by atoms with E-state index in [1.54, 1.807) is 13.2 Å². The molecule has 0 bridgehead atoms. The first-order valence-electron chi connectivity index (χ1n) is 6.62. The third kappa shape index (κ3) is 2.48. The average molecular weight is 314 g/mol. The number of carbonyl (C=O) groups is 1. The number of hydrogen-bond acceptors (Lipinski definition) is 4. The molecular weight excluding hydrogens is 300 g/mol. The van der Waals surface area contributed by atoms with Gasteiger partial charge in [-0.25, -0.2) is 9.78 Å². The Hall–Kier alpha value is -2.60. The number of hydrogen-bond donors (Lipinski definition) is 1. The molecule has 0 aliphatic heterocycles. The summed E-state index contributed by atoms with van der Waals surface area (Å²) in [6.45, 7) is 1.87. The van der Waals surface area contributed by atoms with Crippen molar-refractivity contribution >= 4 is 28.3 Å². The van der Waals surface area contributed by atoms with Crippen LogP contribution >= 0.6 is 11.3 Å². The molecule has 0 unspecified atom stereocenters. The monoisotopic (exact) mass is 314 g/mol. The van der Waals surface area contributed by atoms with Crippen molar-refractivity contribution in [1.82, 2.24) is 9.38 Å². The first-order valence-corrected chi connectivity index (χ1v) is 7.50. The second-order valence-electron chi connectivity index (χ2n) is 4.72. The molecule has 3 rings (SSSR count). The van der Waals surface area contributed by atoms with Crippen LogP contribution < -0.4 is 4.74 Å². The van der Waals surface area contributed by atoms with Crippen molar-refractivity contribution in [3.8, 4) is 17.0 Å². The number of carboxylic acids is 1. The number of carboxylic acid groups (broad SMARTS) is 1. The molecule has 0 radical (unpaired) electrons. The van der Waals surface area contributed by atoms with Crippen LogP contribution in [0, 0.1) is 6.92 Å². The Morgan fingerprint density at radius 1 is 1.36 bits per heavy atom. The van der Waals surface area contributed by atoms with Crippen molar-refractivity contribution in [2.75, 3.05) is 7.11 Å². The molecule has 5 nitrogen and oxygen atoms in total. The number of aliphatic carboxylic acids is 1. The minimum atomic E-state index is -0.976. The van der Waals surface area contributed by atoms with E-state index in [1.165, 1.54) is 11.3 Å². The number of rotatable bonds is 4. The summed E-state index contributed by atoms with van der Waals surface area (Å²) in [6.07, 6.45) is 2.71. The van der Waals surface area contributed by atoms with Crippen molar-refractivity contribution in [2.24, 2.45) is 0 Å². The van der Waals surface area contributed by atoms with Gasteiger partial charge in [-0.1, -0.05) is 0 Å². The largest absolute Gasteiger partial charge is 0.497 e. The van der Waals surface area contributed by atoms with Crippen LogP contribution in [-0.4, -0.2) is 27.6 Å². The molecule has 3 aromatic rings. The average Bonchev–Trinajstić information content (AvgIpc) is 3.03. The second kappa shape index (κ2) is 5.65. The fraction of sp³-hybridized carbons (Fsp3) is 0.125. The summed E-state index contributed by atoms with van der Waals surface area (Å²) in [6, 6.07) is 7.74. The Bertz CT molecular complexity index is 860. The maximum Gasteiger partial charge on any atom is 0.328 e. The molecule has 1 aromatic carbocycles.